The molecule has 0 radical (unpaired) electrons. The highest BCUT2D eigenvalue weighted by molar-refractivity contribution is 7.99. The molecule has 1 aliphatic carbocycles. The maximum Gasteiger partial charge on any atom is 0.250 e. The van der Waals surface area contributed by atoms with Gasteiger partial charge in [-0.15, -0.1) is 11.3 Å². The van der Waals surface area contributed by atoms with Gasteiger partial charge < -0.3 is 0 Å². The Bertz CT molecular complexity index is 574. The van der Waals surface area contributed by atoms with Gasteiger partial charge in [-0.1, -0.05) is 6.92 Å². The van der Waals surface area contributed by atoms with Crippen LogP contribution in [0, 0.1) is 11.3 Å². The lowest BCUT2D eigenvalue weighted by Gasteiger charge is -2.12. The van der Waals surface area contributed by atoms with E-state index in [1.165, 1.54) is 6.07 Å². The predicted octanol–water partition coefficient (Wildman–Crippen LogP) is 2.57. The summed E-state index contributed by atoms with van der Waals surface area (Å²) < 4.78 is 27.3. The van der Waals surface area contributed by atoms with E-state index in [4.69, 9.17) is 5.26 Å². The van der Waals surface area contributed by atoms with Crippen LogP contribution in [0.3, 0.4) is 0 Å². The molecule has 0 saturated heterocycles. The number of sulfonamides is 1. The molecule has 1 heterocycles. The Kier molecular flexibility index (Phi) is 4.90. The smallest absolute Gasteiger partial charge is 0.207 e. The topological polar surface area (TPSA) is 70.0 Å². The highest BCUT2D eigenvalue weighted by atomic mass is 32.2. The van der Waals surface area contributed by atoms with Gasteiger partial charge in [0.15, 0.2) is 0 Å². The fourth-order valence-electron chi connectivity index (χ4n) is 2.24. The maximum absolute atomic E-state index is 12.2. The average molecular weight is 316 g/mol. The van der Waals surface area contributed by atoms with Gasteiger partial charge in [0.1, 0.15) is 15.2 Å². The molecule has 0 amide bonds. The van der Waals surface area contributed by atoms with Crippen LogP contribution in [0.4, 0.5) is 0 Å². The largest absolute Gasteiger partial charge is 0.250 e. The van der Waals surface area contributed by atoms with Crippen molar-refractivity contribution >= 4 is 33.1 Å². The van der Waals surface area contributed by atoms with Crippen molar-refractivity contribution in [3.8, 4) is 6.07 Å². The third-order valence-corrected chi connectivity index (χ3v) is 7.30. The molecule has 104 valence electrons. The third kappa shape index (κ3) is 3.72. The van der Waals surface area contributed by atoms with Crippen LogP contribution < -0.4 is 4.72 Å². The van der Waals surface area contributed by atoms with Crippen molar-refractivity contribution in [2.24, 2.45) is 0 Å². The summed E-state index contributed by atoms with van der Waals surface area (Å²) in [5, 5.41) is 9.30. The van der Waals surface area contributed by atoms with E-state index in [1.807, 2.05) is 17.8 Å². The normalized spacial score (nSPS) is 23.4. The zero-order valence-corrected chi connectivity index (χ0v) is 13.1. The van der Waals surface area contributed by atoms with Gasteiger partial charge in [0, 0.05) is 11.3 Å². The van der Waals surface area contributed by atoms with Crippen molar-refractivity contribution in [3.05, 3.63) is 17.0 Å². The van der Waals surface area contributed by atoms with Crippen molar-refractivity contribution in [1.29, 1.82) is 5.26 Å². The van der Waals surface area contributed by atoms with Gasteiger partial charge in [-0.2, -0.15) is 17.0 Å². The van der Waals surface area contributed by atoms with Gasteiger partial charge >= 0.3 is 0 Å². The monoisotopic (exact) mass is 316 g/mol. The van der Waals surface area contributed by atoms with Crippen LogP contribution in [0.15, 0.2) is 16.3 Å². The van der Waals surface area contributed by atoms with E-state index in [2.05, 4.69) is 11.6 Å². The highest BCUT2D eigenvalue weighted by Gasteiger charge is 2.29. The number of nitrogens with zero attached hydrogens (tertiary/aromatic N) is 1. The van der Waals surface area contributed by atoms with Crippen LogP contribution in [0.1, 0.15) is 31.1 Å². The second kappa shape index (κ2) is 6.27. The first-order chi connectivity index (χ1) is 9.05. The molecule has 19 heavy (non-hydrogen) atoms. The molecule has 1 fully saturated rings. The molecule has 1 N–H and O–H groups in total. The van der Waals surface area contributed by atoms with Crippen molar-refractivity contribution in [2.45, 2.75) is 41.7 Å². The van der Waals surface area contributed by atoms with Gasteiger partial charge in [0.25, 0.3) is 0 Å². The lowest BCUT2D eigenvalue weighted by Crippen LogP contribution is -2.32. The Balaban J connectivity index is 2.00. The zero-order chi connectivity index (χ0) is 13.9. The SMILES string of the molecule is CCSC1CCC(NS(=O)(=O)c2ccc(C#N)s2)C1. The van der Waals surface area contributed by atoms with Crippen molar-refractivity contribution in [2.75, 3.05) is 5.75 Å². The first kappa shape index (κ1) is 14.9. The molecule has 1 aliphatic rings. The quantitative estimate of drug-likeness (QED) is 0.906. The maximum atomic E-state index is 12.2. The summed E-state index contributed by atoms with van der Waals surface area (Å²) in [7, 11) is -3.46. The van der Waals surface area contributed by atoms with Crippen molar-refractivity contribution in [1.82, 2.24) is 4.72 Å². The Hall–Kier alpha value is -0.550. The van der Waals surface area contributed by atoms with E-state index in [0.29, 0.717) is 10.1 Å². The second-order valence-corrected chi connectivity index (χ2v) is 9.04. The number of thiophene rings is 1. The van der Waals surface area contributed by atoms with E-state index in [-0.39, 0.29) is 10.3 Å². The fourth-order valence-corrected chi connectivity index (χ4v) is 5.78. The van der Waals surface area contributed by atoms with Crippen molar-refractivity contribution < 1.29 is 8.42 Å². The van der Waals surface area contributed by atoms with Crippen LogP contribution >= 0.6 is 23.1 Å². The summed E-state index contributed by atoms with van der Waals surface area (Å²) in [4.78, 5) is 0.422. The molecule has 1 aromatic heterocycles. The lowest BCUT2D eigenvalue weighted by atomic mass is 10.3. The fraction of sp³-hybridized carbons (Fsp3) is 0.583. The van der Waals surface area contributed by atoms with Crippen LogP contribution in [-0.2, 0) is 10.0 Å². The number of hydrogen-bond donors (Lipinski definition) is 1. The summed E-state index contributed by atoms with van der Waals surface area (Å²) in [5.74, 6) is 1.07. The third-order valence-electron chi connectivity index (χ3n) is 3.07. The molecule has 2 unspecified atom stereocenters. The van der Waals surface area contributed by atoms with E-state index in [0.717, 1.165) is 36.4 Å². The predicted molar refractivity (Wildman–Crippen MR) is 78.9 cm³/mol. The average Bonchev–Trinajstić information content (AvgIpc) is 2.98. The van der Waals surface area contributed by atoms with Gasteiger partial charge in [-0.25, -0.2) is 13.1 Å². The second-order valence-electron chi connectivity index (χ2n) is 4.44. The Morgan fingerprint density at radius 2 is 2.32 bits per heavy atom. The summed E-state index contributed by atoms with van der Waals surface area (Å²) in [6.07, 6.45) is 2.86. The summed E-state index contributed by atoms with van der Waals surface area (Å²) >= 11 is 2.91. The molecule has 2 atom stereocenters. The van der Waals surface area contributed by atoms with E-state index in [1.54, 1.807) is 6.07 Å². The van der Waals surface area contributed by atoms with Crippen LogP contribution in [0.5, 0.6) is 0 Å². The number of nitrogens with one attached hydrogen (secondary N) is 1. The van der Waals surface area contributed by atoms with E-state index < -0.39 is 10.0 Å². The highest BCUT2D eigenvalue weighted by Crippen LogP contribution is 2.31. The van der Waals surface area contributed by atoms with Crippen LogP contribution in [0.25, 0.3) is 0 Å². The van der Waals surface area contributed by atoms with E-state index in [9.17, 15) is 8.42 Å². The van der Waals surface area contributed by atoms with E-state index >= 15 is 0 Å². The van der Waals surface area contributed by atoms with Gasteiger partial charge in [0.05, 0.1) is 0 Å². The Labute approximate surface area is 122 Å². The zero-order valence-electron chi connectivity index (χ0n) is 10.6. The van der Waals surface area contributed by atoms with Crippen LogP contribution in [-0.4, -0.2) is 25.5 Å². The Morgan fingerprint density at radius 3 is 2.95 bits per heavy atom. The molecule has 2 rings (SSSR count). The van der Waals surface area contributed by atoms with Gasteiger partial charge in [-0.05, 0) is 37.1 Å². The first-order valence-electron chi connectivity index (χ1n) is 6.19. The molecule has 1 saturated carbocycles. The summed E-state index contributed by atoms with van der Waals surface area (Å²) in [5.41, 5.74) is 0. The molecule has 0 spiro atoms. The van der Waals surface area contributed by atoms with Gasteiger partial charge in [-0.3, -0.25) is 0 Å². The number of hydrogen-bond acceptors (Lipinski definition) is 5. The summed E-state index contributed by atoms with van der Waals surface area (Å²) in [6, 6.07) is 5.03. The number of thioether (sulfide) groups is 1. The lowest BCUT2D eigenvalue weighted by molar-refractivity contribution is 0.554. The van der Waals surface area contributed by atoms with Crippen LogP contribution in [0.2, 0.25) is 0 Å². The molecule has 4 nitrogen and oxygen atoms in total. The molecular formula is C12H16N2O2S3. The minimum absolute atomic E-state index is 0.0293. The number of nitriles is 1. The van der Waals surface area contributed by atoms with Crippen molar-refractivity contribution in [3.63, 3.8) is 0 Å². The minimum Gasteiger partial charge on any atom is -0.207 e. The molecule has 0 aliphatic heterocycles. The molecule has 1 aromatic rings. The minimum atomic E-state index is -3.46. The van der Waals surface area contributed by atoms with Gasteiger partial charge in [0.2, 0.25) is 10.0 Å². The Morgan fingerprint density at radius 1 is 1.53 bits per heavy atom. The summed E-state index contributed by atoms with van der Waals surface area (Å²) in [6.45, 7) is 2.12. The molecule has 0 aromatic carbocycles. The molecule has 0 bridgehead atoms. The first-order valence-corrected chi connectivity index (χ1v) is 9.54. The molecular weight excluding hydrogens is 300 g/mol. The molecule has 7 heteroatoms. The number of rotatable bonds is 5. The standard InChI is InChI=1S/C12H16N2O2S3/c1-2-17-10-4-3-9(7-10)14-19(15,16)12-6-5-11(8-13)18-12/h5-6,9-10,14H,2-4,7H2,1H3.